The normalized spacial score (nSPS) is 30.7. The van der Waals surface area contributed by atoms with E-state index >= 15 is 0 Å². The Morgan fingerprint density at radius 1 is 1.38 bits per heavy atom. The van der Waals surface area contributed by atoms with Crippen LogP contribution in [-0.4, -0.2) is 10.4 Å². The van der Waals surface area contributed by atoms with Crippen molar-refractivity contribution in [2.75, 3.05) is 0 Å². The highest BCUT2D eigenvalue weighted by Gasteiger charge is 2.32. The van der Waals surface area contributed by atoms with Crippen molar-refractivity contribution in [1.82, 2.24) is 0 Å². The summed E-state index contributed by atoms with van der Waals surface area (Å²) in [6.07, 6.45) is 5.64. The van der Waals surface area contributed by atoms with Crippen LogP contribution >= 0.6 is 11.8 Å². The van der Waals surface area contributed by atoms with Gasteiger partial charge in [0.1, 0.15) is 0 Å². The topological polar surface area (TPSA) is 17.1 Å². The van der Waals surface area contributed by atoms with Crippen molar-refractivity contribution in [2.24, 2.45) is 17.8 Å². The predicted molar refractivity (Wildman–Crippen MR) is 72.6 cm³/mol. The molecule has 2 heteroatoms. The molecule has 1 aliphatic carbocycles. The fourth-order valence-electron chi connectivity index (χ4n) is 2.68. The minimum atomic E-state index is 0.409. The highest BCUT2D eigenvalue weighted by Crippen LogP contribution is 2.40. The molecule has 0 bridgehead atoms. The standard InChI is InChI=1S/C14H26OS/c1-5-6-14(15)16-13-9-11(4)7-8-12(13)10(2)3/h10-13H,5-9H2,1-4H3. The second-order valence-corrected chi connectivity index (χ2v) is 6.90. The molecule has 0 aromatic carbocycles. The van der Waals surface area contributed by atoms with E-state index in [2.05, 4.69) is 27.7 Å². The highest BCUT2D eigenvalue weighted by atomic mass is 32.2. The smallest absolute Gasteiger partial charge is 0.189 e. The van der Waals surface area contributed by atoms with E-state index in [1.54, 1.807) is 11.8 Å². The van der Waals surface area contributed by atoms with Crippen LogP contribution in [0.15, 0.2) is 0 Å². The summed E-state index contributed by atoms with van der Waals surface area (Å²) in [5, 5.41) is 0.995. The first-order valence-electron chi connectivity index (χ1n) is 6.74. The van der Waals surface area contributed by atoms with Crippen molar-refractivity contribution < 1.29 is 4.79 Å². The molecular formula is C14H26OS. The van der Waals surface area contributed by atoms with Crippen molar-refractivity contribution in [3.8, 4) is 0 Å². The molecule has 0 saturated heterocycles. The molecule has 1 rings (SSSR count). The zero-order valence-corrected chi connectivity index (χ0v) is 12.0. The maximum Gasteiger partial charge on any atom is 0.189 e. The summed E-state index contributed by atoms with van der Waals surface area (Å²) in [7, 11) is 0. The lowest BCUT2D eigenvalue weighted by Gasteiger charge is -2.36. The molecule has 0 aliphatic heterocycles. The summed E-state index contributed by atoms with van der Waals surface area (Å²) in [4.78, 5) is 11.7. The van der Waals surface area contributed by atoms with Gasteiger partial charge in [-0.15, -0.1) is 0 Å². The predicted octanol–water partition coefficient (Wildman–Crippen LogP) is 4.51. The number of thioether (sulfide) groups is 1. The van der Waals surface area contributed by atoms with E-state index in [0.717, 1.165) is 30.6 Å². The molecule has 1 saturated carbocycles. The van der Waals surface area contributed by atoms with Crippen LogP contribution < -0.4 is 0 Å². The fraction of sp³-hybridized carbons (Fsp3) is 0.929. The van der Waals surface area contributed by atoms with E-state index in [0.29, 0.717) is 10.4 Å². The van der Waals surface area contributed by atoms with E-state index in [9.17, 15) is 4.79 Å². The lowest BCUT2D eigenvalue weighted by molar-refractivity contribution is -0.111. The number of carbonyl (C=O) groups excluding carboxylic acids is 1. The summed E-state index contributed by atoms with van der Waals surface area (Å²) in [5.74, 6) is 2.28. The molecule has 0 N–H and O–H groups in total. The van der Waals surface area contributed by atoms with Crippen LogP contribution in [0.25, 0.3) is 0 Å². The number of hydrogen-bond donors (Lipinski definition) is 0. The van der Waals surface area contributed by atoms with Gasteiger partial charge in [-0.2, -0.15) is 0 Å². The van der Waals surface area contributed by atoms with E-state index in [1.165, 1.54) is 19.3 Å². The summed E-state index contributed by atoms with van der Waals surface area (Å²) in [6, 6.07) is 0. The van der Waals surface area contributed by atoms with Crippen LogP contribution in [0.5, 0.6) is 0 Å². The Morgan fingerprint density at radius 2 is 2.06 bits per heavy atom. The van der Waals surface area contributed by atoms with Crippen molar-refractivity contribution in [3.05, 3.63) is 0 Å². The van der Waals surface area contributed by atoms with Crippen molar-refractivity contribution in [2.45, 2.75) is 65.0 Å². The van der Waals surface area contributed by atoms with Gasteiger partial charge in [0.2, 0.25) is 0 Å². The third-order valence-electron chi connectivity index (χ3n) is 3.70. The van der Waals surface area contributed by atoms with Gasteiger partial charge in [-0.05, 0) is 37.0 Å². The molecule has 1 aliphatic rings. The van der Waals surface area contributed by atoms with E-state index in [1.807, 2.05) is 0 Å². The third kappa shape index (κ3) is 4.12. The molecule has 0 aromatic rings. The molecule has 0 radical (unpaired) electrons. The van der Waals surface area contributed by atoms with Gasteiger partial charge in [0.05, 0.1) is 0 Å². The van der Waals surface area contributed by atoms with Crippen molar-refractivity contribution in [1.29, 1.82) is 0 Å². The van der Waals surface area contributed by atoms with E-state index < -0.39 is 0 Å². The Labute approximate surface area is 105 Å². The molecule has 0 amide bonds. The number of carbonyl (C=O) groups is 1. The van der Waals surface area contributed by atoms with Gasteiger partial charge in [0, 0.05) is 11.7 Å². The van der Waals surface area contributed by atoms with Crippen LogP contribution in [0.3, 0.4) is 0 Å². The van der Waals surface area contributed by atoms with Gasteiger partial charge in [-0.25, -0.2) is 0 Å². The molecule has 3 unspecified atom stereocenters. The molecule has 0 heterocycles. The number of hydrogen-bond acceptors (Lipinski definition) is 2. The molecule has 0 aromatic heterocycles. The van der Waals surface area contributed by atoms with Gasteiger partial charge >= 0.3 is 0 Å². The summed E-state index contributed by atoms with van der Waals surface area (Å²) >= 11 is 1.65. The first kappa shape index (κ1) is 14.1. The molecule has 0 spiro atoms. The molecular weight excluding hydrogens is 216 g/mol. The van der Waals surface area contributed by atoms with Gasteiger partial charge in [-0.3, -0.25) is 4.79 Å². The zero-order valence-electron chi connectivity index (χ0n) is 11.2. The Hall–Kier alpha value is 0.0200. The van der Waals surface area contributed by atoms with Gasteiger partial charge in [0.15, 0.2) is 5.12 Å². The maximum atomic E-state index is 11.7. The molecule has 3 atom stereocenters. The van der Waals surface area contributed by atoms with Crippen LogP contribution in [-0.2, 0) is 4.79 Å². The highest BCUT2D eigenvalue weighted by molar-refractivity contribution is 8.14. The fourth-order valence-corrected chi connectivity index (χ4v) is 4.39. The Balaban J connectivity index is 2.54. The quantitative estimate of drug-likeness (QED) is 0.721. The first-order chi connectivity index (χ1) is 7.54. The Morgan fingerprint density at radius 3 is 2.62 bits per heavy atom. The molecule has 1 nitrogen and oxygen atoms in total. The van der Waals surface area contributed by atoms with Gasteiger partial charge in [-0.1, -0.05) is 45.9 Å². The van der Waals surface area contributed by atoms with Crippen LogP contribution in [0, 0.1) is 17.8 Å². The number of rotatable bonds is 4. The zero-order chi connectivity index (χ0) is 12.1. The van der Waals surface area contributed by atoms with E-state index in [4.69, 9.17) is 0 Å². The SMILES string of the molecule is CCCC(=O)SC1CC(C)CCC1C(C)C. The average Bonchev–Trinajstić information content (AvgIpc) is 2.17. The molecule has 16 heavy (non-hydrogen) atoms. The van der Waals surface area contributed by atoms with Crippen molar-refractivity contribution >= 4 is 16.9 Å². The summed E-state index contributed by atoms with van der Waals surface area (Å²) in [5.41, 5.74) is 0. The Kier molecular flexibility index (Phi) is 5.88. The Bertz CT molecular complexity index is 225. The van der Waals surface area contributed by atoms with Gasteiger partial charge in [0.25, 0.3) is 0 Å². The van der Waals surface area contributed by atoms with Crippen LogP contribution in [0.1, 0.15) is 59.8 Å². The van der Waals surface area contributed by atoms with Crippen LogP contribution in [0.4, 0.5) is 0 Å². The maximum absolute atomic E-state index is 11.7. The monoisotopic (exact) mass is 242 g/mol. The lowest BCUT2D eigenvalue weighted by Crippen LogP contribution is -2.30. The van der Waals surface area contributed by atoms with Crippen LogP contribution in [0.2, 0.25) is 0 Å². The lowest BCUT2D eigenvalue weighted by atomic mass is 9.77. The van der Waals surface area contributed by atoms with Gasteiger partial charge < -0.3 is 0 Å². The van der Waals surface area contributed by atoms with Crippen molar-refractivity contribution in [3.63, 3.8) is 0 Å². The average molecular weight is 242 g/mol. The first-order valence-corrected chi connectivity index (χ1v) is 7.62. The third-order valence-corrected chi connectivity index (χ3v) is 5.01. The minimum Gasteiger partial charge on any atom is -0.287 e. The minimum absolute atomic E-state index is 0.409. The molecule has 1 fully saturated rings. The second-order valence-electron chi connectivity index (χ2n) is 5.60. The summed E-state index contributed by atoms with van der Waals surface area (Å²) in [6.45, 7) is 9.02. The second kappa shape index (κ2) is 6.68. The molecule has 94 valence electrons. The van der Waals surface area contributed by atoms with E-state index in [-0.39, 0.29) is 0 Å². The summed E-state index contributed by atoms with van der Waals surface area (Å²) < 4.78 is 0. The largest absolute Gasteiger partial charge is 0.287 e.